The van der Waals surface area contributed by atoms with Crippen molar-refractivity contribution in [3.63, 3.8) is 0 Å². The summed E-state index contributed by atoms with van der Waals surface area (Å²) >= 11 is 0. The zero-order chi connectivity index (χ0) is 15.6. The molecule has 2 N–H and O–H groups in total. The molecule has 20 heavy (non-hydrogen) atoms. The highest BCUT2D eigenvalue weighted by molar-refractivity contribution is 5.82. The molecule has 4 rings (SSSR count). The van der Waals surface area contributed by atoms with Crippen LogP contribution in [0.15, 0.2) is 30.3 Å². The fourth-order valence-electron chi connectivity index (χ4n) is 3.53. The van der Waals surface area contributed by atoms with Crippen LogP contribution in [0.4, 0.5) is 0 Å². The molecule has 3 nitrogen and oxygen atoms in total. The lowest BCUT2D eigenvalue weighted by Crippen LogP contribution is -2.35. The van der Waals surface area contributed by atoms with Crippen molar-refractivity contribution in [2.45, 2.75) is 18.9 Å². The number of benzene rings is 2. The smallest absolute Gasteiger partial charge is 0.165 e. The number of aromatic hydroxyl groups is 2. The first-order valence-corrected chi connectivity index (χ1v) is 6.87. The van der Waals surface area contributed by atoms with Gasteiger partial charge in [0, 0.05) is 18.2 Å². The van der Waals surface area contributed by atoms with Gasteiger partial charge in [-0.2, -0.15) is 0 Å². The van der Waals surface area contributed by atoms with E-state index in [2.05, 4.69) is 18.0 Å². The SMILES string of the molecule is [2H]c1c([2H])c2c(c(O)c1O)-c1cccc3c1[C@@H](C2)N(C)CC3. The summed E-state index contributed by atoms with van der Waals surface area (Å²) in [4.78, 5) is 2.27. The fourth-order valence-corrected chi connectivity index (χ4v) is 3.53. The standard InChI is InChI=1S/C17H17NO2/c1-18-8-7-10-3-2-4-12-15(10)13(18)9-11-5-6-14(19)17(20)16(11)12/h2-6,13,19-20H,7-9H2,1H3/t13-/m1/s1/i5D,6D. The largest absolute Gasteiger partial charge is 0.504 e. The second-order valence-electron chi connectivity index (χ2n) is 5.63. The van der Waals surface area contributed by atoms with Crippen molar-refractivity contribution < 1.29 is 13.0 Å². The molecule has 0 radical (unpaired) electrons. The first kappa shape index (κ1) is 9.83. The number of hydrogen-bond donors (Lipinski definition) is 2. The van der Waals surface area contributed by atoms with Crippen LogP contribution in [-0.2, 0) is 12.8 Å². The highest BCUT2D eigenvalue weighted by atomic mass is 16.3. The van der Waals surface area contributed by atoms with Crippen molar-refractivity contribution in [1.29, 1.82) is 0 Å². The van der Waals surface area contributed by atoms with Crippen molar-refractivity contribution in [2.24, 2.45) is 0 Å². The van der Waals surface area contributed by atoms with Crippen molar-refractivity contribution in [3.8, 4) is 22.6 Å². The topological polar surface area (TPSA) is 43.7 Å². The van der Waals surface area contributed by atoms with Crippen LogP contribution >= 0.6 is 0 Å². The molecule has 0 unspecified atom stereocenters. The number of fused-ring (bicyclic) bond motifs is 2. The van der Waals surface area contributed by atoms with Crippen LogP contribution in [0.25, 0.3) is 11.1 Å². The summed E-state index contributed by atoms with van der Waals surface area (Å²) in [5.41, 5.74) is 4.53. The summed E-state index contributed by atoms with van der Waals surface area (Å²) in [5, 5.41) is 20.3. The van der Waals surface area contributed by atoms with E-state index in [1.54, 1.807) is 0 Å². The fraction of sp³-hybridized carbons (Fsp3) is 0.294. The molecule has 0 amide bonds. The predicted molar refractivity (Wildman–Crippen MR) is 78.0 cm³/mol. The quantitative estimate of drug-likeness (QED) is 0.723. The zero-order valence-electron chi connectivity index (χ0n) is 13.3. The first-order chi connectivity index (χ1) is 10.5. The molecule has 102 valence electrons. The molecular formula is C17H17NO2. The lowest BCUT2D eigenvalue weighted by Gasteiger charge is -2.39. The Kier molecular flexibility index (Phi) is 1.96. The third-order valence-corrected chi connectivity index (χ3v) is 4.56. The second-order valence-corrected chi connectivity index (χ2v) is 5.63. The second kappa shape index (κ2) is 4.00. The Labute approximate surface area is 120 Å². The number of phenolic OH excluding ortho intramolecular Hbond substituents is 2. The Morgan fingerprint density at radius 1 is 1.25 bits per heavy atom. The van der Waals surface area contributed by atoms with Gasteiger partial charge in [0.05, 0.1) is 2.74 Å². The van der Waals surface area contributed by atoms with Gasteiger partial charge in [-0.25, -0.2) is 0 Å². The summed E-state index contributed by atoms with van der Waals surface area (Å²) in [6.07, 6.45) is 1.55. The van der Waals surface area contributed by atoms with Gasteiger partial charge in [-0.1, -0.05) is 24.2 Å². The summed E-state index contributed by atoms with van der Waals surface area (Å²) < 4.78 is 16.0. The third-order valence-electron chi connectivity index (χ3n) is 4.56. The average molecular weight is 269 g/mol. The molecule has 1 aliphatic carbocycles. The van der Waals surface area contributed by atoms with Gasteiger partial charge in [0.15, 0.2) is 11.5 Å². The van der Waals surface area contributed by atoms with Crippen molar-refractivity contribution in [3.05, 3.63) is 47.0 Å². The van der Waals surface area contributed by atoms with E-state index in [-0.39, 0.29) is 23.9 Å². The summed E-state index contributed by atoms with van der Waals surface area (Å²) in [6.45, 7) is 0.960. The van der Waals surface area contributed by atoms with Crippen LogP contribution in [0.3, 0.4) is 0 Å². The van der Waals surface area contributed by atoms with E-state index in [0.29, 0.717) is 17.5 Å². The number of nitrogens with zero attached hydrogens (tertiary/aromatic N) is 1. The number of hydrogen-bond acceptors (Lipinski definition) is 3. The molecule has 0 saturated carbocycles. The van der Waals surface area contributed by atoms with E-state index in [9.17, 15) is 10.2 Å². The normalized spacial score (nSPS) is 21.8. The molecule has 0 aromatic heterocycles. The molecule has 0 fully saturated rings. The monoisotopic (exact) mass is 269 g/mol. The predicted octanol–water partition coefficient (Wildman–Crippen LogP) is 2.85. The Bertz CT molecular complexity index is 804. The van der Waals surface area contributed by atoms with Gasteiger partial charge >= 0.3 is 0 Å². The minimum absolute atomic E-state index is 0.0142. The zero-order valence-corrected chi connectivity index (χ0v) is 11.3. The lowest BCUT2D eigenvalue weighted by atomic mass is 9.77. The van der Waals surface area contributed by atoms with E-state index in [0.717, 1.165) is 18.5 Å². The van der Waals surface area contributed by atoms with Crippen molar-refractivity contribution in [2.75, 3.05) is 13.6 Å². The maximum atomic E-state index is 10.4. The molecule has 3 heteroatoms. The molecule has 1 heterocycles. The van der Waals surface area contributed by atoms with Crippen LogP contribution in [-0.4, -0.2) is 28.7 Å². The Morgan fingerprint density at radius 3 is 2.95 bits per heavy atom. The molecule has 2 aromatic carbocycles. The van der Waals surface area contributed by atoms with Crippen molar-refractivity contribution >= 4 is 0 Å². The lowest BCUT2D eigenvalue weighted by molar-refractivity contribution is 0.228. The molecule has 0 saturated heterocycles. The molecule has 2 aliphatic rings. The Morgan fingerprint density at radius 2 is 2.10 bits per heavy atom. The minimum atomic E-state index is -0.496. The van der Waals surface area contributed by atoms with Crippen LogP contribution < -0.4 is 0 Å². The maximum absolute atomic E-state index is 10.4. The van der Waals surface area contributed by atoms with E-state index >= 15 is 0 Å². The molecule has 2 aromatic rings. The van der Waals surface area contributed by atoms with Crippen LogP contribution in [0.5, 0.6) is 11.5 Å². The highest BCUT2D eigenvalue weighted by Crippen LogP contribution is 2.49. The van der Waals surface area contributed by atoms with Gasteiger partial charge in [-0.15, -0.1) is 0 Å². The summed E-state index contributed by atoms with van der Waals surface area (Å²) in [5.74, 6) is -0.764. The summed E-state index contributed by atoms with van der Waals surface area (Å²) in [7, 11) is 2.07. The Hall–Kier alpha value is -2.00. The molecule has 1 aliphatic heterocycles. The number of phenols is 2. The number of rotatable bonds is 0. The molecular weight excluding hydrogens is 250 g/mol. The van der Waals surface area contributed by atoms with Crippen LogP contribution in [0.2, 0.25) is 0 Å². The molecule has 0 bridgehead atoms. The van der Waals surface area contributed by atoms with Gasteiger partial charge in [0.1, 0.15) is 0 Å². The van der Waals surface area contributed by atoms with Crippen LogP contribution in [0, 0.1) is 0 Å². The number of likely N-dealkylation sites (N-methyl/N-ethyl adjacent to an activating group) is 1. The van der Waals surface area contributed by atoms with Gasteiger partial charge in [0.2, 0.25) is 0 Å². The van der Waals surface area contributed by atoms with Gasteiger partial charge in [-0.05, 0) is 48.2 Å². The maximum Gasteiger partial charge on any atom is 0.165 e. The van der Waals surface area contributed by atoms with Crippen LogP contribution in [0.1, 0.15) is 25.5 Å². The van der Waals surface area contributed by atoms with Gasteiger partial charge in [0.25, 0.3) is 0 Å². The average Bonchev–Trinajstić information content (AvgIpc) is 2.53. The first-order valence-electron chi connectivity index (χ1n) is 7.87. The molecule has 0 spiro atoms. The molecule has 1 atom stereocenters. The Balaban J connectivity index is 2.10. The highest BCUT2D eigenvalue weighted by Gasteiger charge is 2.33. The van der Waals surface area contributed by atoms with E-state index < -0.39 is 5.75 Å². The van der Waals surface area contributed by atoms with E-state index in [1.807, 2.05) is 12.1 Å². The summed E-state index contributed by atoms with van der Waals surface area (Å²) in [6, 6.07) is 5.89. The van der Waals surface area contributed by atoms with Crippen molar-refractivity contribution in [1.82, 2.24) is 4.90 Å². The van der Waals surface area contributed by atoms with Gasteiger partial charge in [-0.3, -0.25) is 4.90 Å². The van der Waals surface area contributed by atoms with E-state index in [4.69, 9.17) is 2.74 Å². The minimum Gasteiger partial charge on any atom is -0.504 e. The van der Waals surface area contributed by atoms with Gasteiger partial charge < -0.3 is 10.2 Å². The third kappa shape index (κ3) is 1.44. The van der Waals surface area contributed by atoms with E-state index in [1.165, 1.54) is 11.1 Å².